The number of hydrogen-bond donors (Lipinski definition) is 1. The molecule has 0 bridgehead atoms. The molecule has 0 fully saturated rings. The lowest BCUT2D eigenvalue weighted by molar-refractivity contribution is -0.0328. The second-order valence-electron chi connectivity index (χ2n) is 8.01. The summed E-state index contributed by atoms with van der Waals surface area (Å²) in [6, 6.07) is 19.5. The van der Waals surface area contributed by atoms with Crippen molar-refractivity contribution in [1.82, 2.24) is 5.32 Å². The van der Waals surface area contributed by atoms with Crippen molar-refractivity contribution in [2.24, 2.45) is 0 Å². The predicted octanol–water partition coefficient (Wildman–Crippen LogP) is 5.83. The molecule has 1 N–H and O–H groups in total. The van der Waals surface area contributed by atoms with Crippen LogP contribution in [0, 0.1) is 0 Å². The Morgan fingerprint density at radius 2 is 1.74 bits per heavy atom. The zero-order valence-electron chi connectivity index (χ0n) is 18.5. The summed E-state index contributed by atoms with van der Waals surface area (Å²) in [5.41, 5.74) is -0.642. The van der Waals surface area contributed by atoms with E-state index in [-0.39, 0.29) is 35.2 Å². The fraction of sp³-hybridized carbons (Fsp3) is 0.269. The highest BCUT2D eigenvalue weighted by Crippen LogP contribution is 2.37. The van der Waals surface area contributed by atoms with Gasteiger partial charge in [-0.15, -0.1) is 0 Å². The van der Waals surface area contributed by atoms with E-state index in [2.05, 4.69) is 17.4 Å². The summed E-state index contributed by atoms with van der Waals surface area (Å²) in [5.74, 6) is 0.694. The van der Waals surface area contributed by atoms with Gasteiger partial charge in [0, 0.05) is 22.9 Å². The van der Waals surface area contributed by atoms with Crippen molar-refractivity contribution in [3.05, 3.63) is 89.0 Å². The molecule has 4 nitrogen and oxygen atoms in total. The summed E-state index contributed by atoms with van der Waals surface area (Å²) in [7, 11) is 1.51. The number of fused-ring (bicyclic) bond motifs is 1. The number of alkyl halides is 3. The predicted molar refractivity (Wildman–Crippen MR) is 126 cm³/mol. The third-order valence-corrected chi connectivity index (χ3v) is 6.31. The van der Waals surface area contributed by atoms with Crippen LogP contribution in [0.3, 0.4) is 0 Å². The first-order valence-corrected chi connectivity index (χ1v) is 11.7. The average molecular weight is 488 g/mol. The standard InChI is InChI=1S/C26H24F3NO3S/c1-32-23-10-9-20(25(31)30-21-14-18-6-2-3-7-19(18)15-21)16-24(23)33-12-11-17-5-4-8-22(13-17)34-26(27,28)29/h2-10,13,16,21H,11-12,14-15H2,1H3,(H,30,31). The third kappa shape index (κ3) is 6.26. The quantitative estimate of drug-likeness (QED) is 0.407. The number of amides is 1. The van der Waals surface area contributed by atoms with Gasteiger partial charge in [0.25, 0.3) is 5.91 Å². The summed E-state index contributed by atoms with van der Waals surface area (Å²) in [6.07, 6.45) is 2.01. The van der Waals surface area contributed by atoms with E-state index < -0.39 is 5.51 Å². The summed E-state index contributed by atoms with van der Waals surface area (Å²) in [4.78, 5) is 13.0. The highest BCUT2D eigenvalue weighted by molar-refractivity contribution is 8.00. The minimum atomic E-state index is -4.33. The Morgan fingerprint density at radius 3 is 2.41 bits per heavy atom. The number of nitrogens with one attached hydrogen (secondary N) is 1. The van der Waals surface area contributed by atoms with Gasteiger partial charge in [-0.2, -0.15) is 13.2 Å². The SMILES string of the molecule is COc1ccc(C(=O)NC2Cc3ccccc3C2)cc1OCCc1cccc(SC(F)(F)F)c1. The van der Waals surface area contributed by atoms with Gasteiger partial charge in [0.05, 0.1) is 13.7 Å². The van der Waals surface area contributed by atoms with Crippen molar-refractivity contribution in [2.45, 2.75) is 35.7 Å². The van der Waals surface area contributed by atoms with E-state index in [0.717, 1.165) is 18.4 Å². The highest BCUT2D eigenvalue weighted by Gasteiger charge is 2.29. The Hall–Kier alpha value is -3.13. The molecule has 0 heterocycles. The van der Waals surface area contributed by atoms with Gasteiger partial charge in [-0.1, -0.05) is 36.4 Å². The van der Waals surface area contributed by atoms with Gasteiger partial charge in [-0.05, 0) is 71.6 Å². The lowest BCUT2D eigenvalue weighted by Gasteiger charge is -2.15. The van der Waals surface area contributed by atoms with Crippen molar-refractivity contribution < 1.29 is 27.4 Å². The first kappa shape index (κ1) is 24.0. The molecule has 1 amide bonds. The van der Waals surface area contributed by atoms with E-state index in [4.69, 9.17) is 9.47 Å². The number of hydrogen-bond acceptors (Lipinski definition) is 4. The maximum Gasteiger partial charge on any atom is 0.446 e. The molecule has 4 rings (SSSR count). The van der Waals surface area contributed by atoms with Gasteiger partial charge in [-0.25, -0.2) is 0 Å². The topological polar surface area (TPSA) is 47.6 Å². The summed E-state index contributed by atoms with van der Waals surface area (Å²) >= 11 is -0.140. The van der Waals surface area contributed by atoms with E-state index in [9.17, 15) is 18.0 Å². The number of thioether (sulfide) groups is 1. The molecule has 0 spiro atoms. The van der Waals surface area contributed by atoms with E-state index in [1.54, 1.807) is 30.3 Å². The lowest BCUT2D eigenvalue weighted by atomic mass is 10.1. The summed E-state index contributed by atoms with van der Waals surface area (Å²) in [5, 5.41) is 3.08. The van der Waals surface area contributed by atoms with Gasteiger partial charge in [0.15, 0.2) is 11.5 Å². The van der Waals surface area contributed by atoms with Crippen LogP contribution in [0.25, 0.3) is 0 Å². The number of ether oxygens (including phenoxy) is 2. The fourth-order valence-corrected chi connectivity index (χ4v) is 4.66. The van der Waals surface area contributed by atoms with Crippen molar-refractivity contribution in [3.63, 3.8) is 0 Å². The molecule has 0 unspecified atom stereocenters. The van der Waals surface area contributed by atoms with Gasteiger partial charge in [0.2, 0.25) is 0 Å². The van der Waals surface area contributed by atoms with Gasteiger partial charge in [-0.3, -0.25) is 4.79 Å². The molecule has 0 saturated carbocycles. The Bertz CT molecular complexity index is 1140. The minimum Gasteiger partial charge on any atom is -0.493 e. The first-order chi connectivity index (χ1) is 16.3. The molecule has 3 aromatic carbocycles. The molecule has 178 valence electrons. The zero-order valence-corrected chi connectivity index (χ0v) is 19.3. The molecule has 0 atom stereocenters. The Labute approximate surface area is 200 Å². The molecule has 3 aromatic rings. The van der Waals surface area contributed by atoms with Gasteiger partial charge in [0.1, 0.15) is 0 Å². The van der Waals surface area contributed by atoms with Crippen LogP contribution >= 0.6 is 11.8 Å². The van der Waals surface area contributed by atoms with Crippen LogP contribution in [0.4, 0.5) is 13.2 Å². The Balaban J connectivity index is 1.37. The Morgan fingerprint density at radius 1 is 1.00 bits per heavy atom. The molecule has 1 aliphatic rings. The van der Waals surface area contributed by atoms with Crippen molar-refractivity contribution in [1.29, 1.82) is 0 Å². The zero-order chi connectivity index (χ0) is 24.1. The van der Waals surface area contributed by atoms with Crippen LogP contribution in [0.1, 0.15) is 27.0 Å². The molecule has 1 aliphatic carbocycles. The molecule has 0 radical (unpaired) electrons. The number of methoxy groups -OCH3 is 1. The smallest absolute Gasteiger partial charge is 0.446 e. The number of carbonyl (C=O) groups is 1. The van der Waals surface area contributed by atoms with Crippen LogP contribution < -0.4 is 14.8 Å². The number of carbonyl (C=O) groups excluding carboxylic acids is 1. The monoisotopic (exact) mass is 487 g/mol. The molecule has 0 aliphatic heterocycles. The number of halogens is 3. The van der Waals surface area contributed by atoms with E-state index in [1.807, 2.05) is 12.1 Å². The normalized spacial score (nSPS) is 13.4. The molecular formula is C26H24F3NO3S. The lowest BCUT2D eigenvalue weighted by Crippen LogP contribution is -2.35. The maximum absolute atomic E-state index is 12.8. The second-order valence-corrected chi connectivity index (χ2v) is 9.15. The highest BCUT2D eigenvalue weighted by atomic mass is 32.2. The van der Waals surface area contributed by atoms with E-state index in [0.29, 0.717) is 23.5 Å². The molecule has 0 saturated heterocycles. The van der Waals surface area contributed by atoms with Crippen molar-refractivity contribution in [2.75, 3.05) is 13.7 Å². The van der Waals surface area contributed by atoms with Gasteiger partial charge >= 0.3 is 5.51 Å². The van der Waals surface area contributed by atoms with Gasteiger partial charge < -0.3 is 14.8 Å². The van der Waals surface area contributed by atoms with E-state index >= 15 is 0 Å². The second kappa shape index (κ2) is 10.4. The minimum absolute atomic E-state index is 0.0400. The van der Waals surface area contributed by atoms with Crippen LogP contribution in [0.2, 0.25) is 0 Å². The molecule has 34 heavy (non-hydrogen) atoms. The van der Waals surface area contributed by atoms with Crippen molar-refractivity contribution in [3.8, 4) is 11.5 Å². The van der Waals surface area contributed by atoms with Crippen LogP contribution in [-0.4, -0.2) is 31.2 Å². The third-order valence-electron chi connectivity index (χ3n) is 5.59. The summed E-state index contributed by atoms with van der Waals surface area (Å²) in [6.45, 7) is 0.222. The van der Waals surface area contributed by atoms with Crippen LogP contribution in [0.5, 0.6) is 11.5 Å². The van der Waals surface area contributed by atoms with E-state index in [1.165, 1.54) is 30.4 Å². The Kier molecular flexibility index (Phi) is 7.36. The number of benzene rings is 3. The maximum atomic E-state index is 12.8. The number of rotatable bonds is 8. The van der Waals surface area contributed by atoms with Crippen LogP contribution in [-0.2, 0) is 19.3 Å². The largest absolute Gasteiger partial charge is 0.493 e. The molecular weight excluding hydrogens is 463 g/mol. The fourth-order valence-electron chi connectivity index (χ4n) is 4.04. The van der Waals surface area contributed by atoms with Crippen molar-refractivity contribution >= 4 is 17.7 Å². The summed E-state index contributed by atoms with van der Waals surface area (Å²) < 4.78 is 49.1. The van der Waals surface area contributed by atoms with Crippen LogP contribution in [0.15, 0.2) is 71.6 Å². The first-order valence-electron chi connectivity index (χ1n) is 10.8. The molecule has 0 aromatic heterocycles. The average Bonchev–Trinajstić information content (AvgIpc) is 3.20. The molecule has 8 heteroatoms.